The molecule has 5 nitrogen and oxygen atoms in total. The highest BCUT2D eigenvalue weighted by Crippen LogP contribution is 2.34. The van der Waals surface area contributed by atoms with Gasteiger partial charge < -0.3 is 5.32 Å². The lowest BCUT2D eigenvalue weighted by molar-refractivity contribution is -0.137. The highest BCUT2D eigenvalue weighted by Gasteiger charge is 2.33. The Labute approximate surface area is 160 Å². The molecule has 0 bridgehead atoms. The van der Waals surface area contributed by atoms with Gasteiger partial charge >= 0.3 is 6.18 Å². The number of rotatable bonds is 5. The Bertz CT molecular complexity index is 1040. The van der Waals surface area contributed by atoms with E-state index in [1.54, 1.807) is 0 Å². The number of fused-ring (bicyclic) bond motifs is 1. The van der Waals surface area contributed by atoms with Crippen molar-refractivity contribution in [2.24, 2.45) is 0 Å². The lowest BCUT2D eigenvalue weighted by atomic mass is 10.1. The molecule has 10 heteroatoms. The number of nitrogens with one attached hydrogen (secondary N) is 1. The first-order valence-electron chi connectivity index (χ1n) is 7.76. The molecule has 0 fully saturated rings. The molecule has 142 valence electrons. The first-order valence-corrected chi connectivity index (χ1v) is 9.80. The van der Waals surface area contributed by atoms with E-state index in [0.29, 0.717) is 16.4 Å². The van der Waals surface area contributed by atoms with E-state index in [9.17, 15) is 22.8 Å². The molecule has 3 rings (SSSR count). The van der Waals surface area contributed by atoms with Gasteiger partial charge in [-0.05, 0) is 19.1 Å². The van der Waals surface area contributed by atoms with E-state index in [1.165, 1.54) is 51.8 Å². The summed E-state index contributed by atoms with van der Waals surface area (Å²) >= 11 is 2.52. The number of aryl methyl sites for hydroxylation is 1. The number of thioether (sulfide) groups is 1. The molecule has 0 aliphatic carbocycles. The second-order valence-corrected chi connectivity index (χ2v) is 7.49. The SMILES string of the molecule is Cc1csc2nc(CSCC(=O)Nc3ccccc3C(F)(F)F)cc(=O)n12. The minimum absolute atomic E-state index is 0.0588. The van der Waals surface area contributed by atoms with E-state index in [4.69, 9.17) is 0 Å². The minimum atomic E-state index is -4.54. The zero-order valence-corrected chi connectivity index (χ0v) is 15.7. The summed E-state index contributed by atoms with van der Waals surface area (Å²) in [6, 6.07) is 6.21. The van der Waals surface area contributed by atoms with E-state index in [1.807, 2.05) is 12.3 Å². The van der Waals surface area contributed by atoms with E-state index in [2.05, 4.69) is 10.3 Å². The van der Waals surface area contributed by atoms with Gasteiger partial charge in [-0.2, -0.15) is 13.2 Å². The van der Waals surface area contributed by atoms with E-state index < -0.39 is 17.6 Å². The van der Waals surface area contributed by atoms with Crippen molar-refractivity contribution in [2.45, 2.75) is 18.9 Å². The molecule has 1 N–H and O–H groups in total. The standard InChI is InChI=1S/C17H14F3N3O2S2/c1-10-7-27-16-21-11(6-15(25)23(10)16)8-26-9-14(24)22-13-5-3-2-4-12(13)17(18,19)20/h2-7H,8-9H2,1H3,(H,22,24). The van der Waals surface area contributed by atoms with Gasteiger partial charge in [0.1, 0.15) is 0 Å². The maximum absolute atomic E-state index is 12.9. The highest BCUT2D eigenvalue weighted by atomic mass is 32.2. The molecule has 0 saturated heterocycles. The van der Waals surface area contributed by atoms with Crippen LogP contribution in [-0.2, 0) is 16.7 Å². The molecule has 0 radical (unpaired) electrons. The van der Waals surface area contributed by atoms with Gasteiger partial charge in [0.15, 0.2) is 4.96 Å². The number of thiazole rings is 1. The van der Waals surface area contributed by atoms with Crippen LogP contribution in [0.15, 0.2) is 40.5 Å². The number of benzene rings is 1. The van der Waals surface area contributed by atoms with Crippen LogP contribution in [0.4, 0.5) is 18.9 Å². The molecule has 0 unspecified atom stereocenters. The Hall–Kier alpha value is -2.33. The molecule has 0 spiro atoms. The van der Waals surface area contributed by atoms with Crippen LogP contribution in [0.2, 0.25) is 0 Å². The molecule has 0 aliphatic rings. The number of para-hydroxylation sites is 1. The van der Waals surface area contributed by atoms with Crippen LogP contribution in [0.5, 0.6) is 0 Å². The Morgan fingerprint density at radius 2 is 2.07 bits per heavy atom. The maximum atomic E-state index is 12.9. The fourth-order valence-corrected chi connectivity index (χ4v) is 4.06. The van der Waals surface area contributed by atoms with Gasteiger partial charge in [0, 0.05) is 22.9 Å². The third-order valence-corrected chi connectivity index (χ3v) is 5.53. The van der Waals surface area contributed by atoms with Gasteiger partial charge in [0.05, 0.1) is 22.7 Å². The molecule has 2 aromatic heterocycles. The molecular weight excluding hydrogens is 399 g/mol. The number of carbonyl (C=O) groups is 1. The average Bonchev–Trinajstić information content (AvgIpc) is 2.96. The molecule has 0 atom stereocenters. The topological polar surface area (TPSA) is 63.5 Å². The van der Waals surface area contributed by atoms with Crippen molar-refractivity contribution in [3.63, 3.8) is 0 Å². The fraction of sp³-hybridized carbons (Fsp3) is 0.235. The van der Waals surface area contributed by atoms with Crippen LogP contribution in [0, 0.1) is 6.92 Å². The van der Waals surface area contributed by atoms with Crippen molar-refractivity contribution in [1.29, 1.82) is 0 Å². The summed E-state index contributed by atoms with van der Waals surface area (Å²) in [4.78, 5) is 29.0. The Morgan fingerprint density at radius 1 is 1.33 bits per heavy atom. The van der Waals surface area contributed by atoms with E-state index in [-0.39, 0.29) is 17.0 Å². The maximum Gasteiger partial charge on any atom is 0.418 e. The van der Waals surface area contributed by atoms with Crippen molar-refractivity contribution in [2.75, 3.05) is 11.1 Å². The number of aromatic nitrogens is 2. The monoisotopic (exact) mass is 413 g/mol. The van der Waals surface area contributed by atoms with Crippen molar-refractivity contribution in [1.82, 2.24) is 9.38 Å². The number of alkyl halides is 3. The van der Waals surface area contributed by atoms with Gasteiger partial charge in [0.2, 0.25) is 5.91 Å². The predicted molar refractivity (Wildman–Crippen MR) is 100 cm³/mol. The second kappa shape index (κ2) is 7.73. The molecular formula is C17H14F3N3O2S2. The lowest BCUT2D eigenvalue weighted by Crippen LogP contribution is -2.18. The minimum Gasteiger partial charge on any atom is -0.325 e. The number of hydrogen-bond donors (Lipinski definition) is 1. The number of carbonyl (C=O) groups excluding carboxylic acids is 1. The summed E-state index contributed by atoms with van der Waals surface area (Å²) in [5.74, 6) is -0.310. The summed E-state index contributed by atoms with van der Waals surface area (Å²) in [7, 11) is 0. The van der Waals surface area contributed by atoms with Crippen molar-refractivity contribution in [3.05, 3.63) is 63.0 Å². The molecule has 0 aliphatic heterocycles. The summed E-state index contributed by atoms with van der Waals surface area (Å²) in [6.07, 6.45) is -4.54. The summed E-state index contributed by atoms with van der Waals surface area (Å²) in [5.41, 5.74) is -0.0401. The number of nitrogens with zero attached hydrogens (tertiary/aromatic N) is 2. The van der Waals surface area contributed by atoms with Crippen molar-refractivity contribution < 1.29 is 18.0 Å². The smallest absolute Gasteiger partial charge is 0.325 e. The van der Waals surface area contributed by atoms with E-state index >= 15 is 0 Å². The fourth-order valence-electron chi connectivity index (χ4n) is 2.45. The van der Waals surface area contributed by atoms with Crippen LogP contribution in [-0.4, -0.2) is 21.0 Å². The molecule has 1 amide bonds. The number of halogens is 3. The number of hydrogen-bond acceptors (Lipinski definition) is 5. The summed E-state index contributed by atoms with van der Waals surface area (Å²) in [5, 5.41) is 4.11. The molecule has 0 saturated carbocycles. The second-order valence-electron chi connectivity index (χ2n) is 5.67. The molecule has 27 heavy (non-hydrogen) atoms. The Balaban J connectivity index is 1.62. The van der Waals surface area contributed by atoms with Crippen LogP contribution >= 0.6 is 23.1 Å². The molecule has 1 aromatic carbocycles. The third kappa shape index (κ3) is 4.51. The van der Waals surface area contributed by atoms with Crippen molar-refractivity contribution in [3.8, 4) is 0 Å². The highest BCUT2D eigenvalue weighted by molar-refractivity contribution is 7.99. The normalized spacial score (nSPS) is 11.7. The zero-order valence-electron chi connectivity index (χ0n) is 14.0. The van der Waals surface area contributed by atoms with Crippen LogP contribution < -0.4 is 10.9 Å². The zero-order chi connectivity index (χ0) is 19.6. The quantitative estimate of drug-likeness (QED) is 0.688. The van der Waals surface area contributed by atoms with Crippen molar-refractivity contribution >= 4 is 39.7 Å². The average molecular weight is 413 g/mol. The number of amides is 1. The molecule has 3 aromatic rings. The van der Waals surface area contributed by atoms with E-state index in [0.717, 1.165) is 11.8 Å². The van der Waals surface area contributed by atoms with Crippen LogP contribution in [0.1, 0.15) is 17.0 Å². The van der Waals surface area contributed by atoms with Crippen LogP contribution in [0.25, 0.3) is 4.96 Å². The number of anilines is 1. The van der Waals surface area contributed by atoms with Gasteiger partial charge in [-0.15, -0.1) is 23.1 Å². The first kappa shape index (κ1) is 19.4. The van der Waals surface area contributed by atoms with Gasteiger partial charge in [-0.3, -0.25) is 14.0 Å². The molecule has 2 heterocycles. The lowest BCUT2D eigenvalue weighted by Gasteiger charge is -2.13. The Kier molecular flexibility index (Phi) is 5.56. The predicted octanol–water partition coefficient (Wildman–Crippen LogP) is 3.96. The van der Waals surface area contributed by atoms with Gasteiger partial charge in [-0.25, -0.2) is 4.98 Å². The largest absolute Gasteiger partial charge is 0.418 e. The first-order chi connectivity index (χ1) is 12.8. The van der Waals surface area contributed by atoms with Gasteiger partial charge in [-0.1, -0.05) is 12.1 Å². The third-order valence-electron chi connectivity index (χ3n) is 3.62. The van der Waals surface area contributed by atoms with Crippen LogP contribution in [0.3, 0.4) is 0 Å². The Morgan fingerprint density at radius 3 is 2.81 bits per heavy atom. The van der Waals surface area contributed by atoms with Gasteiger partial charge in [0.25, 0.3) is 5.56 Å². The summed E-state index contributed by atoms with van der Waals surface area (Å²) in [6.45, 7) is 1.81. The summed E-state index contributed by atoms with van der Waals surface area (Å²) < 4.78 is 40.3.